The van der Waals surface area contributed by atoms with Crippen molar-refractivity contribution in [1.82, 2.24) is 4.90 Å². The smallest absolute Gasteiger partial charge is 0.265 e. The molecule has 3 amide bonds. The lowest BCUT2D eigenvalue weighted by atomic mass is 10.1. The second-order valence-corrected chi connectivity index (χ2v) is 9.33. The van der Waals surface area contributed by atoms with E-state index >= 15 is 0 Å². The highest BCUT2D eigenvalue weighted by atomic mass is 127. The molecule has 0 bridgehead atoms. The van der Waals surface area contributed by atoms with Gasteiger partial charge in [-0.05, 0) is 64.6 Å². The molecule has 0 saturated carbocycles. The minimum absolute atomic E-state index is 0.125. The van der Waals surface area contributed by atoms with Crippen LogP contribution in [0, 0.1) is 3.57 Å². The van der Waals surface area contributed by atoms with Gasteiger partial charge in [-0.1, -0.05) is 23.7 Å². The highest BCUT2D eigenvalue weighted by Crippen LogP contribution is 2.32. The fourth-order valence-electron chi connectivity index (χ4n) is 3.19. The molecule has 30 heavy (non-hydrogen) atoms. The quantitative estimate of drug-likeness (QED) is 0.355. The number of rotatable bonds is 5. The van der Waals surface area contributed by atoms with Gasteiger partial charge in [-0.3, -0.25) is 19.3 Å². The first-order chi connectivity index (χ1) is 14.4. The summed E-state index contributed by atoms with van der Waals surface area (Å²) in [6.45, 7) is 0.125. The number of methoxy groups -OCH3 is 1. The summed E-state index contributed by atoms with van der Waals surface area (Å²) in [6, 6.07) is 13.6. The predicted molar refractivity (Wildman–Crippen MR) is 124 cm³/mol. The number of imide groups is 1. The minimum Gasteiger partial charge on any atom is -0.496 e. The van der Waals surface area contributed by atoms with Crippen molar-refractivity contribution in [2.45, 2.75) is 6.54 Å². The van der Waals surface area contributed by atoms with Crippen LogP contribution in [0.25, 0.3) is 0 Å². The molecule has 0 unspecified atom stereocenters. The lowest BCUT2D eigenvalue weighted by Crippen LogP contribution is -2.29. The number of halogens is 2. The summed E-state index contributed by atoms with van der Waals surface area (Å²) in [6.07, 6.45) is 0. The average molecular weight is 553 g/mol. The number of fused-ring (bicyclic) bond motifs is 1. The highest BCUT2D eigenvalue weighted by Gasteiger charge is 2.37. The first-order valence-electron chi connectivity index (χ1n) is 8.77. The molecule has 0 aliphatic carbocycles. The molecule has 152 valence electrons. The van der Waals surface area contributed by atoms with E-state index in [4.69, 9.17) is 16.3 Å². The molecule has 6 nitrogen and oxygen atoms in total. The number of benzene rings is 2. The van der Waals surface area contributed by atoms with Gasteiger partial charge in [0.2, 0.25) is 0 Å². The molecule has 1 N–H and O–H groups in total. The van der Waals surface area contributed by atoms with Crippen molar-refractivity contribution in [3.8, 4) is 5.75 Å². The van der Waals surface area contributed by atoms with Gasteiger partial charge >= 0.3 is 0 Å². The molecule has 1 aromatic heterocycles. The van der Waals surface area contributed by atoms with E-state index < -0.39 is 11.8 Å². The number of hydrogen-bond donors (Lipinski definition) is 1. The van der Waals surface area contributed by atoms with E-state index in [1.54, 1.807) is 43.5 Å². The first-order valence-corrected chi connectivity index (χ1v) is 11.0. The van der Waals surface area contributed by atoms with Crippen molar-refractivity contribution in [3.05, 3.63) is 78.0 Å². The van der Waals surface area contributed by atoms with Gasteiger partial charge in [0.25, 0.3) is 17.7 Å². The first kappa shape index (κ1) is 20.8. The van der Waals surface area contributed by atoms with Crippen LogP contribution in [0.5, 0.6) is 5.75 Å². The monoisotopic (exact) mass is 552 g/mol. The highest BCUT2D eigenvalue weighted by molar-refractivity contribution is 14.1. The summed E-state index contributed by atoms with van der Waals surface area (Å²) in [5, 5.41) is 2.73. The molecule has 3 aromatic rings. The Hall–Kier alpha value is -2.43. The molecular formula is C21H14ClIN2O4S. The Morgan fingerprint density at radius 3 is 2.63 bits per heavy atom. The van der Waals surface area contributed by atoms with Crippen molar-refractivity contribution >= 4 is 68.9 Å². The summed E-state index contributed by atoms with van der Waals surface area (Å²) in [5.41, 5.74) is 1.56. The Balaban J connectivity index is 1.61. The van der Waals surface area contributed by atoms with Crippen LogP contribution in [0.2, 0.25) is 4.34 Å². The number of thiophene rings is 1. The second kappa shape index (κ2) is 8.37. The molecular weight excluding hydrogens is 539 g/mol. The fraction of sp³-hybridized carbons (Fsp3) is 0.0952. The van der Waals surface area contributed by atoms with Crippen LogP contribution >= 0.6 is 45.5 Å². The van der Waals surface area contributed by atoms with Crippen LogP contribution in [-0.2, 0) is 6.54 Å². The maximum Gasteiger partial charge on any atom is 0.265 e. The summed E-state index contributed by atoms with van der Waals surface area (Å²) in [5.74, 6) is -0.499. The zero-order valence-corrected chi connectivity index (χ0v) is 19.3. The molecule has 0 radical (unpaired) electrons. The third-order valence-electron chi connectivity index (χ3n) is 4.60. The van der Waals surface area contributed by atoms with Gasteiger partial charge in [0.15, 0.2) is 0 Å². The topological polar surface area (TPSA) is 75.7 Å². The van der Waals surface area contributed by atoms with Gasteiger partial charge in [0, 0.05) is 0 Å². The Morgan fingerprint density at radius 2 is 1.97 bits per heavy atom. The van der Waals surface area contributed by atoms with Crippen LogP contribution in [0.4, 0.5) is 5.69 Å². The molecule has 0 spiro atoms. The van der Waals surface area contributed by atoms with E-state index in [-0.39, 0.29) is 23.6 Å². The summed E-state index contributed by atoms with van der Waals surface area (Å²) < 4.78 is 6.62. The molecule has 1 aliphatic heterocycles. The number of ether oxygens (including phenoxy) is 1. The number of nitrogens with one attached hydrogen (secondary N) is 1. The zero-order chi connectivity index (χ0) is 21.4. The Labute approximate surface area is 194 Å². The van der Waals surface area contributed by atoms with Crippen LogP contribution in [-0.4, -0.2) is 29.7 Å². The van der Waals surface area contributed by atoms with Crippen molar-refractivity contribution < 1.29 is 19.1 Å². The van der Waals surface area contributed by atoms with Gasteiger partial charge in [0.05, 0.1) is 43.3 Å². The van der Waals surface area contributed by atoms with E-state index in [0.717, 1.165) is 26.2 Å². The van der Waals surface area contributed by atoms with E-state index in [0.29, 0.717) is 14.9 Å². The number of nitrogens with zero attached hydrogens (tertiary/aromatic N) is 1. The number of carbonyl (C=O) groups excluding carboxylic acids is 3. The van der Waals surface area contributed by atoms with E-state index in [1.807, 2.05) is 12.1 Å². The lowest BCUT2D eigenvalue weighted by molar-refractivity contribution is 0.0642. The van der Waals surface area contributed by atoms with Crippen molar-refractivity contribution in [2.24, 2.45) is 0 Å². The Bertz CT molecular complexity index is 1190. The van der Waals surface area contributed by atoms with Crippen molar-refractivity contribution in [2.75, 3.05) is 12.4 Å². The van der Waals surface area contributed by atoms with Gasteiger partial charge in [0.1, 0.15) is 5.75 Å². The largest absolute Gasteiger partial charge is 0.496 e. The van der Waals surface area contributed by atoms with Crippen LogP contribution in [0.3, 0.4) is 0 Å². The molecule has 0 atom stereocenters. The minimum atomic E-state index is -0.444. The molecule has 0 fully saturated rings. The Morgan fingerprint density at radius 1 is 1.17 bits per heavy atom. The maximum absolute atomic E-state index is 13.1. The van der Waals surface area contributed by atoms with Gasteiger partial charge < -0.3 is 10.1 Å². The van der Waals surface area contributed by atoms with Gasteiger partial charge in [-0.25, -0.2) is 0 Å². The Kier molecular flexibility index (Phi) is 5.81. The summed E-state index contributed by atoms with van der Waals surface area (Å²) in [4.78, 5) is 40.1. The SMILES string of the molecule is COc1ccc(CN2C(=O)c3cccc(NC(=O)c4ccc(Cl)s4)c3C2=O)cc1I. The van der Waals surface area contributed by atoms with Gasteiger partial charge in [-0.2, -0.15) is 0 Å². The molecule has 4 rings (SSSR count). The molecule has 1 aliphatic rings. The molecule has 2 aromatic carbocycles. The molecule has 9 heteroatoms. The lowest BCUT2D eigenvalue weighted by Gasteiger charge is -2.15. The van der Waals surface area contributed by atoms with Crippen molar-refractivity contribution in [3.63, 3.8) is 0 Å². The van der Waals surface area contributed by atoms with E-state index in [1.165, 1.54) is 4.90 Å². The fourth-order valence-corrected chi connectivity index (χ4v) is 4.93. The number of anilines is 1. The van der Waals surface area contributed by atoms with E-state index in [9.17, 15) is 14.4 Å². The van der Waals surface area contributed by atoms with Crippen molar-refractivity contribution in [1.29, 1.82) is 0 Å². The predicted octanol–water partition coefficient (Wildman–Crippen LogP) is 5.06. The number of carbonyl (C=O) groups is 3. The summed E-state index contributed by atoms with van der Waals surface area (Å²) in [7, 11) is 1.58. The normalized spacial score (nSPS) is 12.8. The average Bonchev–Trinajstić information content (AvgIpc) is 3.26. The molecule has 2 heterocycles. The van der Waals surface area contributed by atoms with Crippen LogP contribution < -0.4 is 10.1 Å². The number of hydrogen-bond acceptors (Lipinski definition) is 5. The third kappa shape index (κ3) is 3.82. The third-order valence-corrected chi connectivity index (χ3v) is 6.67. The number of amides is 3. The zero-order valence-electron chi connectivity index (χ0n) is 15.6. The summed E-state index contributed by atoms with van der Waals surface area (Å²) >= 11 is 9.17. The van der Waals surface area contributed by atoms with Gasteiger partial charge in [-0.15, -0.1) is 11.3 Å². The van der Waals surface area contributed by atoms with Crippen LogP contribution in [0.1, 0.15) is 36.0 Å². The second-order valence-electron chi connectivity index (χ2n) is 6.45. The standard InChI is InChI=1S/C21H14ClIN2O4S/c1-29-15-6-5-11(9-13(15)23)10-25-20(27)12-3-2-4-14(18(12)21(25)28)24-19(26)16-7-8-17(22)30-16/h2-9H,10H2,1H3,(H,24,26). The van der Waals surface area contributed by atoms with E-state index in [2.05, 4.69) is 27.9 Å². The van der Waals surface area contributed by atoms with Crippen LogP contribution in [0.15, 0.2) is 48.5 Å². The maximum atomic E-state index is 13.1. The molecule has 0 saturated heterocycles.